The Morgan fingerprint density at radius 1 is 1.71 bits per heavy atom. The molecule has 0 radical (unpaired) electrons. The Morgan fingerprint density at radius 3 is 2.94 bits per heavy atom. The number of amides is 1. The molecule has 17 heavy (non-hydrogen) atoms. The van der Waals surface area contributed by atoms with Crippen molar-refractivity contribution in [1.82, 2.24) is 10.3 Å². The van der Waals surface area contributed by atoms with Crippen molar-refractivity contribution in [2.45, 2.75) is 12.2 Å². The summed E-state index contributed by atoms with van der Waals surface area (Å²) in [5.41, 5.74) is 5.44. The number of nitrogens with zero attached hydrogens (tertiary/aromatic N) is 1. The van der Waals surface area contributed by atoms with E-state index < -0.39 is 22.5 Å². The van der Waals surface area contributed by atoms with E-state index in [0.29, 0.717) is 0 Å². The summed E-state index contributed by atoms with van der Waals surface area (Å²) in [7, 11) is -1.03. The molecular weight excluding hydrogens is 245 g/mol. The molecule has 0 saturated carbocycles. The lowest BCUT2D eigenvalue weighted by atomic mass is 10.2. The number of anilines is 1. The maximum Gasteiger partial charge on any atom is 0.255 e. The summed E-state index contributed by atoms with van der Waals surface area (Å²) < 4.78 is 24.0. The van der Waals surface area contributed by atoms with Crippen molar-refractivity contribution in [1.29, 1.82) is 0 Å². The molecule has 94 valence electrons. The third-order valence-electron chi connectivity index (χ3n) is 2.25. The van der Waals surface area contributed by atoms with Crippen LogP contribution in [0.25, 0.3) is 0 Å². The molecule has 7 heteroatoms. The van der Waals surface area contributed by atoms with Crippen LogP contribution in [-0.2, 0) is 10.8 Å². The zero-order chi connectivity index (χ0) is 13.0. The van der Waals surface area contributed by atoms with Crippen LogP contribution < -0.4 is 11.1 Å². The van der Waals surface area contributed by atoms with Crippen LogP contribution in [0.4, 0.5) is 10.2 Å². The number of pyridine rings is 1. The third-order valence-corrected chi connectivity index (χ3v) is 3.55. The van der Waals surface area contributed by atoms with Gasteiger partial charge in [0.1, 0.15) is 11.6 Å². The second-order valence-corrected chi connectivity index (χ2v) is 5.41. The molecule has 0 aromatic carbocycles. The van der Waals surface area contributed by atoms with Gasteiger partial charge in [0.2, 0.25) is 0 Å². The summed E-state index contributed by atoms with van der Waals surface area (Å²) >= 11 is 0. The number of halogens is 1. The fraction of sp³-hybridized carbons (Fsp3) is 0.400. The van der Waals surface area contributed by atoms with Crippen molar-refractivity contribution in [2.75, 3.05) is 18.5 Å². The average molecular weight is 259 g/mol. The standard InChI is InChI=1S/C10H14FN3O2S/c1-6(17(2)16)4-14-10(15)8-3-7(11)5-13-9(8)12/h3,5-6H,4H2,1-2H3,(H2,12,13)(H,14,15). The lowest BCUT2D eigenvalue weighted by Crippen LogP contribution is -2.33. The normalized spacial score (nSPS) is 14.1. The Morgan fingerprint density at radius 2 is 2.35 bits per heavy atom. The minimum Gasteiger partial charge on any atom is -0.383 e. The van der Waals surface area contributed by atoms with Crippen LogP contribution in [-0.4, -0.2) is 33.2 Å². The maximum atomic E-state index is 12.9. The fourth-order valence-corrected chi connectivity index (χ4v) is 1.40. The Balaban J connectivity index is 2.70. The smallest absolute Gasteiger partial charge is 0.255 e. The minimum absolute atomic E-state index is 0.0147. The zero-order valence-corrected chi connectivity index (χ0v) is 10.4. The Bertz CT molecular complexity index is 453. The number of rotatable bonds is 4. The highest BCUT2D eigenvalue weighted by molar-refractivity contribution is 7.84. The van der Waals surface area contributed by atoms with Crippen molar-refractivity contribution in [3.05, 3.63) is 23.6 Å². The lowest BCUT2D eigenvalue weighted by Gasteiger charge is -2.10. The molecule has 5 nitrogen and oxygen atoms in total. The van der Waals surface area contributed by atoms with Gasteiger partial charge in [-0.05, 0) is 13.0 Å². The van der Waals surface area contributed by atoms with Crippen LogP contribution in [0, 0.1) is 5.82 Å². The molecule has 1 heterocycles. The summed E-state index contributed by atoms with van der Waals surface area (Å²) in [6, 6.07) is 1.02. The van der Waals surface area contributed by atoms with Gasteiger partial charge in [0.05, 0.1) is 11.8 Å². The van der Waals surface area contributed by atoms with E-state index >= 15 is 0 Å². The quantitative estimate of drug-likeness (QED) is 0.814. The van der Waals surface area contributed by atoms with Crippen LogP contribution in [0.15, 0.2) is 12.3 Å². The van der Waals surface area contributed by atoms with Gasteiger partial charge in [0, 0.05) is 28.9 Å². The molecule has 0 aliphatic rings. The van der Waals surface area contributed by atoms with Crippen LogP contribution in [0.3, 0.4) is 0 Å². The molecule has 0 fully saturated rings. The second-order valence-electron chi connectivity index (χ2n) is 3.61. The maximum absolute atomic E-state index is 12.9. The number of nitrogens with one attached hydrogen (secondary N) is 1. The Hall–Kier alpha value is -1.50. The topological polar surface area (TPSA) is 85.1 Å². The number of nitrogen functional groups attached to an aromatic ring is 1. The van der Waals surface area contributed by atoms with Crippen LogP contribution in [0.2, 0.25) is 0 Å². The zero-order valence-electron chi connectivity index (χ0n) is 9.57. The van der Waals surface area contributed by atoms with E-state index in [1.807, 2.05) is 0 Å². The van der Waals surface area contributed by atoms with Gasteiger partial charge in [0.15, 0.2) is 0 Å². The van der Waals surface area contributed by atoms with E-state index in [4.69, 9.17) is 5.73 Å². The predicted octanol–water partition coefficient (Wildman–Crippen LogP) is 0.300. The van der Waals surface area contributed by atoms with Gasteiger partial charge in [0.25, 0.3) is 5.91 Å². The molecule has 1 aromatic rings. The van der Waals surface area contributed by atoms with E-state index in [1.54, 1.807) is 13.2 Å². The Kier molecular flexibility index (Phi) is 4.56. The number of carbonyl (C=O) groups excluding carboxylic acids is 1. The molecular formula is C10H14FN3O2S. The first kappa shape index (κ1) is 13.6. The number of nitrogens with two attached hydrogens (primary N) is 1. The number of hydrogen-bond donors (Lipinski definition) is 2. The summed E-state index contributed by atoms with van der Waals surface area (Å²) in [5, 5.41) is 2.35. The fourth-order valence-electron chi connectivity index (χ4n) is 1.08. The van der Waals surface area contributed by atoms with E-state index in [0.717, 1.165) is 12.3 Å². The van der Waals surface area contributed by atoms with E-state index in [9.17, 15) is 13.4 Å². The first-order chi connectivity index (χ1) is 7.91. The molecule has 1 aromatic heterocycles. The van der Waals surface area contributed by atoms with Gasteiger partial charge in [-0.25, -0.2) is 9.37 Å². The van der Waals surface area contributed by atoms with Crippen molar-refractivity contribution in [3.8, 4) is 0 Å². The van der Waals surface area contributed by atoms with Crippen LogP contribution >= 0.6 is 0 Å². The lowest BCUT2D eigenvalue weighted by molar-refractivity contribution is 0.0954. The highest BCUT2D eigenvalue weighted by Crippen LogP contribution is 2.09. The second kappa shape index (κ2) is 5.72. The highest BCUT2D eigenvalue weighted by Gasteiger charge is 2.14. The van der Waals surface area contributed by atoms with Gasteiger partial charge in [-0.2, -0.15) is 0 Å². The molecule has 1 amide bonds. The van der Waals surface area contributed by atoms with Crippen molar-refractivity contribution in [2.24, 2.45) is 0 Å². The number of carbonyl (C=O) groups is 1. The number of hydrogen-bond acceptors (Lipinski definition) is 4. The molecule has 0 bridgehead atoms. The van der Waals surface area contributed by atoms with Crippen LogP contribution in [0.1, 0.15) is 17.3 Å². The molecule has 0 aliphatic heterocycles. The Labute approximate surface area is 101 Å². The van der Waals surface area contributed by atoms with Gasteiger partial charge in [-0.1, -0.05) is 0 Å². The molecule has 1 rings (SSSR count). The minimum atomic E-state index is -1.03. The van der Waals surface area contributed by atoms with Gasteiger partial charge < -0.3 is 11.1 Å². The number of aromatic nitrogens is 1. The highest BCUT2D eigenvalue weighted by atomic mass is 32.2. The first-order valence-corrected chi connectivity index (χ1v) is 6.55. The average Bonchev–Trinajstić information content (AvgIpc) is 2.28. The predicted molar refractivity (Wildman–Crippen MR) is 64.5 cm³/mol. The molecule has 0 aliphatic carbocycles. The van der Waals surface area contributed by atoms with Gasteiger partial charge in [-0.3, -0.25) is 9.00 Å². The van der Waals surface area contributed by atoms with E-state index in [-0.39, 0.29) is 23.2 Å². The SMILES string of the molecule is CC(CNC(=O)c1cc(F)cnc1N)S(C)=O. The van der Waals surface area contributed by atoms with E-state index in [2.05, 4.69) is 10.3 Å². The summed E-state index contributed by atoms with van der Waals surface area (Å²) in [4.78, 5) is 15.2. The van der Waals surface area contributed by atoms with Crippen molar-refractivity contribution < 1.29 is 13.4 Å². The monoisotopic (exact) mass is 259 g/mol. The molecule has 3 N–H and O–H groups in total. The van der Waals surface area contributed by atoms with Crippen molar-refractivity contribution in [3.63, 3.8) is 0 Å². The molecule has 0 spiro atoms. The summed E-state index contributed by atoms with van der Waals surface area (Å²) in [6.07, 6.45) is 2.49. The molecule has 2 unspecified atom stereocenters. The molecule has 0 saturated heterocycles. The van der Waals surface area contributed by atoms with Crippen molar-refractivity contribution >= 4 is 22.5 Å². The van der Waals surface area contributed by atoms with Gasteiger partial charge >= 0.3 is 0 Å². The van der Waals surface area contributed by atoms with Crippen LogP contribution in [0.5, 0.6) is 0 Å². The third kappa shape index (κ3) is 3.77. The first-order valence-electron chi connectivity index (χ1n) is 4.93. The summed E-state index contributed by atoms with van der Waals surface area (Å²) in [5.74, 6) is -1.18. The molecule has 2 atom stereocenters. The largest absolute Gasteiger partial charge is 0.383 e. The van der Waals surface area contributed by atoms with E-state index in [1.165, 1.54) is 0 Å². The van der Waals surface area contributed by atoms with Gasteiger partial charge in [-0.15, -0.1) is 0 Å². The summed E-state index contributed by atoms with van der Waals surface area (Å²) in [6.45, 7) is 1.97.